The zero-order valence-corrected chi connectivity index (χ0v) is 14.2. The van der Waals surface area contributed by atoms with E-state index in [2.05, 4.69) is 4.98 Å². The number of nitrogens with zero attached hydrogens (tertiary/aromatic N) is 2. The number of benzene rings is 2. The third-order valence-electron chi connectivity index (χ3n) is 4.48. The number of nitrogens with two attached hydrogens (primary N) is 1. The first kappa shape index (κ1) is 17.7. The Balaban J connectivity index is 2.08. The molecule has 2 heterocycles. The number of fused-ring (bicyclic) bond motifs is 3. The van der Waals surface area contributed by atoms with Gasteiger partial charge in [-0.05, 0) is 48.5 Å². The summed E-state index contributed by atoms with van der Waals surface area (Å²) in [5.74, 6) is -0.633. The summed E-state index contributed by atoms with van der Waals surface area (Å²) in [6, 6.07) is 12.2. The van der Waals surface area contributed by atoms with E-state index in [0.717, 1.165) is 12.1 Å². The molecule has 4 rings (SSSR count). The Morgan fingerprint density at radius 3 is 2.36 bits per heavy atom. The second-order valence-electron chi connectivity index (χ2n) is 6.18. The number of aromatic nitrogens is 2. The van der Waals surface area contributed by atoms with Crippen LogP contribution in [0.5, 0.6) is 0 Å². The number of carbonyl (C=O) groups is 1. The van der Waals surface area contributed by atoms with Crippen LogP contribution >= 0.6 is 0 Å². The third kappa shape index (κ3) is 2.79. The van der Waals surface area contributed by atoms with Crippen molar-refractivity contribution in [1.82, 2.24) is 9.55 Å². The Hall–Kier alpha value is -3.68. The average Bonchev–Trinajstić information content (AvgIpc) is 2.67. The minimum Gasteiger partial charge on any atom is -0.366 e. The van der Waals surface area contributed by atoms with Crippen molar-refractivity contribution >= 4 is 27.7 Å². The number of halogens is 3. The van der Waals surface area contributed by atoms with E-state index in [1.807, 2.05) is 0 Å². The number of hydrogen-bond donors (Lipinski definition) is 1. The van der Waals surface area contributed by atoms with Crippen molar-refractivity contribution in [3.63, 3.8) is 0 Å². The number of carbonyl (C=O) groups excluding carboxylic acids is 1. The first-order chi connectivity index (χ1) is 13.3. The van der Waals surface area contributed by atoms with E-state index in [1.54, 1.807) is 24.3 Å². The number of rotatable bonds is 2. The monoisotopic (exact) mass is 383 g/mol. The maximum absolute atomic E-state index is 13.0. The molecule has 0 unspecified atom stereocenters. The lowest BCUT2D eigenvalue weighted by Crippen LogP contribution is -2.20. The molecular formula is C20H12F3N3O2. The van der Waals surface area contributed by atoms with E-state index in [9.17, 15) is 22.8 Å². The van der Waals surface area contributed by atoms with Gasteiger partial charge < -0.3 is 5.73 Å². The molecule has 0 saturated heterocycles. The predicted molar refractivity (Wildman–Crippen MR) is 98.4 cm³/mol. The fraction of sp³-hybridized carbons (Fsp3) is 0.0500. The van der Waals surface area contributed by atoms with Crippen LogP contribution in [0.4, 0.5) is 13.2 Å². The van der Waals surface area contributed by atoms with E-state index < -0.39 is 23.2 Å². The molecule has 2 N–H and O–H groups in total. The van der Waals surface area contributed by atoms with Gasteiger partial charge in [0.05, 0.1) is 11.1 Å². The summed E-state index contributed by atoms with van der Waals surface area (Å²) in [4.78, 5) is 28.7. The van der Waals surface area contributed by atoms with Crippen LogP contribution < -0.4 is 11.3 Å². The number of pyridine rings is 2. The van der Waals surface area contributed by atoms with Crippen LogP contribution in [0, 0.1) is 0 Å². The number of primary amides is 1. The van der Waals surface area contributed by atoms with Crippen LogP contribution in [0.2, 0.25) is 0 Å². The summed E-state index contributed by atoms with van der Waals surface area (Å²) < 4.78 is 39.9. The molecule has 0 fully saturated rings. The summed E-state index contributed by atoms with van der Waals surface area (Å²) in [5, 5.41) is 1.06. The van der Waals surface area contributed by atoms with Crippen LogP contribution in [0.3, 0.4) is 0 Å². The van der Waals surface area contributed by atoms with Gasteiger partial charge in [-0.15, -0.1) is 0 Å². The molecule has 0 atom stereocenters. The second-order valence-corrected chi connectivity index (χ2v) is 6.18. The smallest absolute Gasteiger partial charge is 0.366 e. The molecule has 2 aromatic carbocycles. The van der Waals surface area contributed by atoms with Crippen LogP contribution in [-0.4, -0.2) is 15.5 Å². The van der Waals surface area contributed by atoms with Crippen molar-refractivity contribution in [2.45, 2.75) is 6.18 Å². The van der Waals surface area contributed by atoms with E-state index in [1.165, 1.54) is 29.0 Å². The van der Waals surface area contributed by atoms with Gasteiger partial charge in [0, 0.05) is 28.2 Å². The molecule has 1 amide bonds. The normalized spacial score (nSPS) is 11.8. The average molecular weight is 383 g/mol. The Bertz CT molecular complexity index is 1290. The van der Waals surface area contributed by atoms with Gasteiger partial charge in [0.15, 0.2) is 0 Å². The highest BCUT2D eigenvalue weighted by molar-refractivity contribution is 6.07. The summed E-state index contributed by atoms with van der Waals surface area (Å²) in [6.45, 7) is 0. The molecule has 0 aliphatic rings. The van der Waals surface area contributed by atoms with Crippen molar-refractivity contribution in [2.24, 2.45) is 5.73 Å². The van der Waals surface area contributed by atoms with E-state index in [0.29, 0.717) is 16.3 Å². The van der Waals surface area contributed by atoms with Crippen molar-refractivity contribution in [3.8, 4) is 5.69 Å². The van der Waals surface area contributed by atoms with Crippen molar-refractivity contribution in [1.29, 1.82) is 0 Å². The topological polar surface area (TPSA) is 78.0 Å². The lowest BCUT2D eigenvalue weighted by molar-refractivity contribution is -0.137. The van der Waals surface area contributed by atoms with E-state index >= 15 is 0 Å². The van der Waals surface area contributed by atoms with Gasteiger partial charge in [0.1, 0.15) is 5.52 Å². The third-order valence-corrected chi connectivity index (χ3v) is 4.48. The highest BCUT2D eigenvalue weighted by atomic mass is 19.4. The van der Waals surface area contributed by atoms with Crippen LogP contribution in [0.25, 0.3) is 27.5 Å². The van der Waals surface area contributed by atoms with E-state index in [-0.39, 0.29) is 16.8 Å². The summed E-state index contributed by atoms with van der Waals surface area (Å²) >= 11 is 0. The first-order valence-electron chi connectivity index (χ1n) is 8.18. The molecule has 4 aromatic rings. The molecule has 0 saturated carbocycles. The van der Waals surface area contributed by atoms with Crippen molar-refractivity contribution < 1.29 is 18.0 Å². The quantitative estimate of drug-likeness (QED) is 0.537. The second kappa shape index (κ2) is 6.19. The molecule has 8 heteroatoms. The van der Waals surface area contributed by atoms with Crippen LogP contribution in [0.1, 0.15) is 15.9 Å². The Kier molecular flexibility index (Phi) is 3.92. The maximum atomic E-state index is 13.0. The fourth-order valence-electron chi connectivity index (χ4n) is 3.16. The SMILES string of the molecule is NC(=O)c1ccc2c(c1)c1cccnc1c(=O)n2-c1ccc(C(F)(F)F)cc1. The lowest BCUT2D eigenvalue weighted by atomic mass is 10.1. The molecule has 5 nitrogen and oxygen atoms in total. The number of amides is 1. The molecule has 140 valence electrons. The number of alkyl halides is 3. The minimum absolute atomic E-state index is 0.136. The molecule has 0 aliphatic carbocycles. The summed E-state index contributed by atoms with van der Waals surface area (Å²) in [6.07, 6.45) is -3.03. The van der Waals surface area contributed by atoms with Crippen LogP contribution in [0.15, 0.2) is 65.6 Å². The molecule has 0 aliphatic heterocycles. The van der Waals surface area contributed by atoms with Gasteiger partial charge in [-0.1, -0.05) is 6.07 Å². The Morgan fingerprint density at radius 1 is 1.00 bits per heavy atom. The molecule has 0 bridgehead atoms. The summed E-state index contributed by atoms with van der Waals surface area (Å²) in [7, 11) is 0. The van der Waals surface area contributed by atoms with Gasteiger partial charge in [0.25, 0.3) is 5.56 Å². The molecule has 2 aromatic heterocycles. The predicted octanol–water partition coefficient (Wildman–Crippen LogP) is 3.66. The molecule has 0 radical (unpaired) electrons. The van der Waals surface area contributed by atoms with Gasteiger partial charge in [-0.2, -0.15) is 13.2 Å². The van der Waals surface area contributed by atoms with Gasteiger partial charge in [-0.25, -0.2) is 0 Å². The fourth-order valence-corrected chi connectivity index (χ4v) is 3.16. The van der Waals surface area contributed by atoms with Crippen molar-refractivity contribution in [2.75, 3.05) is 0 Å². The minimum atomic E-state index is -4.48. The number of hydrogen-bond acceptors (Lipinski definition) is 3. The molecular weight excluding hydrogens is 371 g/mol. The molecule has 0 spiro atoms. The molecule has 28 heavy (non-hydrogen) atoms. The zero-order valence-electron chi connectivity index (χ0n) is 14.2. The highest BCUT2D eigenvalue weighted by Crippen LogP contribution is 2.30. The highest BCUT2D eigenvalue weighted by Gasteiger charge is 2.30. The maximum Gasteiger partial charge on any atom is 0.416 e. The lowest BCUT2D eigenvalue weighted by Gasteiger charge is -2.14. The van der Waals surface area contributed by atoms with E-state index in [4.69, 9.17) is 5.73 Å². The summed E-state index contributed by atoms with van der Waals surface area (Å²) in [5.41, 5.74) is 5.12. The largest absolute Gasteiger partial charge is 0.416 e. The Morgan fingerprint density at radius 2 is 1.71 bits per heavy atom. The standard InChI is InChI=1S/C20H12F3N3O2/c21-20(22,23)12-4-6-13(7-5-12)26-16-8-3-11(18(24)27)10-15(16)14-2-1-9-25-17(14)19(26)28/h1-10H,(H2,24,27). The van der Waals surface area contributed by atoms with Gasteiger partial charge >= 0.3 is 6.18 Å². The Labute approximate surface area is 155 Å². The van der Waals surface area contributed by atoms with Gasteiger partial charge in [-0.3, -0.25) is 19.1 Å². The van der Waals surface area contributed by atoms with Gasteiger partial charge in [0.2, 0.25) is 5.91 Å². The van der Waals surface area contributed by atoms with Crippen molar-refractivity contribution in [3.05, 3.63) is 82.3 Å². The van der Waals surface area contributed by atoms with Crippen LogP contribution in [-0.2, 0) is 6.18 Å². The zero-order chi connectivity index (χ0) is 20.1. The first-order valence-corrected chi connectivity index (χ1v) is 8.18.